The number of hydrogen-bond donors (Lipinski definition) is 1. The fraction of sp³-hybridized carbons (Fsp3) is 0.364. The van der Waals surface area contributed by atoms with Crippen LogP contribution in [0.2, 0.25) is 0 Å². The van der Waals surface area contributed by atoms with Gasteiger partial charge in [0.15, 0.2) is 0 Å². The Morgan fingerprint density at radius 2 is 2.31 bits per heavy atom. The van der Waals surface area contributed by atoms with E-state index >= 15 is 0 Å². The number of halogens is 1. The number of hydrogen-bond acceptors (Lipinski definition) is 3. The second-order valence-corrected chi connectivity index (χ2v) is 5.52. The number of nitrogen functional groups attached to an aromatic ring is 1. The van der Waals surface area contributed by atoms with Crippen molar-refractivity contribution >= 4 is 39.2 Å². The topological polar surface area (TPSA) is 43.3 Å². The van der Waals surface area contributed by atoms with Crippen LogP contribution in [0.5, 0.6) is 0 Å². The Morgan fingerprint density at radius 1 is 1.50 bits per heavy atom. The number of fused-ring (bicyclic) bond motifs is 1. The first-order chi connectivity index (χ1) is 7.72. The van der Waals surface area contributed by atoms with Crippen LogP contribution in [-0.4, -0.2) is 21.4 Å². The molecule has 0 unspecified atom stereocenters. The predicted octanol–water partition coefficient (Wildman–Crippen LogP) is 2.97. The maximum absolute atomic E-state index is 6.06. The zero-order chi connectivity index (χ0) is 11.5. The Labute approximate surface area is 108 Å². The molecule has 0 aromatic carbocycles. The lowest BCUT2D eigenvalue weighted by Crippen LogP contribution is -1.97. The van der Waals surface area contributed by atoms with E-state index in [1.54, 1.807) is 0 Å². The van der Waals surface area contributed by atoms with Gasteiger partial charge in [0.25, 0.3) is 0 Å². The molecule has 2 rings (SSSR count). The van der Waals surface area contributed by atoms with E-state index in [-0.39, 0.29) is 0 Å². The summed E-state index contributed by atoms with van der Waals surface area (Å²) in [4.78, 5) is 4.53. The van der Waals surface area contributed by atoms with E-state index < -0.39 is 0 Å². The van der Waals surface area contributed by atoms with E-state index in [0.29, 0.717) is 0 Å². The van der Waals surface area contributed by atoms with Crippen molar-refractivity contribution in [2.45, 2.75) is 12.8 Å². The summed E-state index contributed by atoms with van der Waals surface area (Å²) in [5, 5.41) is 0. The maximum Gasteiger partial charge on any atom is 0.138 e. The van der Waals surface area contributed by atoms with Gasteiger partial charge in [0, 0.05) is 10.7 Å². The Kier molecular flexibility index (Phi) is 3.76. The standard InChI is InChI=1S/C11H14BrN3S/c1-16-6-2-3-9-11(13)15-7-8(12)4-5-10(15)14-9/h4-5,7H,2-3,6,13H2,1H3. The van der Waals surface area contributed by atoms with Crippen LogP contribution < -0.4 is 5.73 Å². The summed E-state index contributed by atoms with van der Waals surface area (Å²) in [6.45, 7) is 0. The summed E-state index contributed by atoms with van der Waals surface area (Å²) < 4.78 is 2.94. The van der Waals surface area contributed by atoms with Crippen molar-refractivity contribution in [1.82, 2.24) is 9.38 Å². The molecule has 2 aromatic rings. The molecule has 0 spiro atoms. The number of nitrogens with zero attached hydrogens (tertiary/aromatic N) is 2. The molecular formula is C11H14BrN3S. The van der Waals surface area contributed by atoms with Crippen LogP contribution in [-0.2, 0) is 6.42 Å². The minimum atomic E-state index is 0.761. The first-order valence-corrected chi connectivity index (χ1v) is 7.32. The van der Waals surface area contributed by atoms with Gasteiger partial charge in [-0.2, -0.15) is 11.8 Å². The van der Waals surface area contributed by atoms with Crippen LogP contribution in [0.15, 0.2) is 22.8 Å². The van der Waals surface area contributed by atoms with Crippen LogP contribution in [0.3, 0.4) is 0 Å². The van der Waals surface area contributed by atoms with Crippen molar-refractivity contribution in [2.24, 2.45) is 0 Å². The van der Waals surface area contributed by atoms with E-state index in [0.717, 1.165) is 40.2 Å². The number of aryl methyl sites for hydroxylation is 1. The minimum Gasteiger partial charge on any atom is -0.383 e. The van der Waals surface area contributed by atoms with Gasteiger partial charge in [0.1, 0.15) is 11.5 Å². The number of thioether (sulfide) groups is 1. The molecule has 3 nitrogen and oxygen atoms in total. The number of rotatable bonds is 4. The molecule has 0 aliphatic rings. The van der Waals surface area contributed by atoms with Crippen LogP contribution in [0.4, 0.5) is 5.82 Å². The molecule has 0 fully saturated rings. The van der Waals surface area contributed by atoms with Crippen molar-refractivity contribution in [3.05, 3.63) is 28.5 Å². The summed E-state index contributed by atoms with van der Waals surface area (Å²) in [7, 11) is 0. The lowest BCUT2D eigenvalue weighted by molar-refractivity contribution is 0.908. The van der Waals surface area contributed by atoms with E-state index in [1.807, 2.05) is 34.5 Å². The van der Waals surface area contributed by atoms with Gasteiger partial charge in [-0.05, 0) is 52.9 Å². The maximum atomic E-state index is 6.06. The highest BCUT2D eigenvalue weighted by Gasteiger charge is 2.08. The van der Waals surface area contributed by atoms with E-state index in [4.69, 9.17) is 5.73 Å². The first-order valence-electron chi connectivity index (χ1n) is 5.13. The van der Waals surface area contributed by atoms with Crippen molar-refractivity contribution < 1.29 is 0 Å². The molecule has 2 heterocycles. The fourth-order valence-electron chi connectivity index (χ4n) is 1.65. The van der Waals surface area contributed by atoms with Gasteiger partial charge in [-0.1, -0.05) is 0 Å². The Balaban J connectivity index is 2.29. The van der Waals surface area contributed by atoms with E-state index in [2.05, 4.69) is 27.2 Å². The van der Waals surface area contributed by atoms with Gasteiger partial charge in [0.2, 0.25) is 0 Å². The van der Waals surface area contributed by atoms with Gasteiger partial charge in [-0.3, -0.25) is 4.40 Å². The third-order valence-corrected chi connectivity index (χ3v) is 3.62. The average molecular weight is 300 g/mol. The van der Waals surface area contributed by atoms with E-state index in [1.165, 1.54) is 0 Å². The highest BCUT2D eigenvalue weighted by molar-refractivity contribution is 9.10. The number of imidazole rings is 1. The Morgan fingerprint density at radius 3 is 3.06 bits per heavy atom. The molecule has 5 heteroatoms. The van der Waals surface area contributed by atoms with Crippen molar-refractivity contribution in [3.63, 3.8) is 0 Å². The SMILES string of the molecule is CSCCCc1nc2ccc(Br)cn2c1N. The Hall–Kier alpha value is -0.680. The van der Waals surface area contributed by atoms with Crippen LogP contribution in [0.1, 0.15) is 12.1 Å². The summed E-state index contributed by atoms with van der Waals surface area (Å²) >= 11 is 5.29. The molecule has 2 aromatic heterocycles. The molecule has 0 radical (unpaired) electrons. The summed E-state index contributed by atoms with van der Waals surface area (Å²) in [6.07, 6.45) is 6.14. The van der Waals surface area contributed by atoms with Crippen LogP contribution in [0, 0.1) is 0 Å². The summed E-state index contributed by atoms with van der Waals surface area (Å²) in [5.41, 5.74) is 7.99. The number of pyridine rings is 1. The quantitative estimate of drug-likeness (QED) is 0.883. The van der Waals surface area contributed by atoms with Gasteiger partial charge in [-0.15, -0.1) is 0 Å². The second kappa shape index (κ2) is 5.10. The van der Waals surface area contributed by atoms with Crippen molar-refractivity contribution in [3.8, 4) is 0 Å². The average Bonchev–Trinajstić information content (AvgIpc) is 2.57. The lowest BCUT2D eigenvalue weighted by atomic mass is 10.2. The van der Waals surface area contributed by atoms with E-state index in [9.17, 15) is 0 Å². The monoisotopic (exact) mass is 299 g/mol. The molecule has 16 heavy (non-hydrogen) atoms. The normalized spacial score (nSPS) is 11.1. The minimum absolute atomic E-state index is 0.761. The third-order valence-electron chi connectivity index (χ3n) is 2.46. The molecule has 0 aliphatic heterocycles. The largest absolute Gasteiger partial charge is 0.383 e. The molecule has 0 bridgehead atoms. The van der Waals surface area contributed by atoms with Gasteiger partial charge in [0.05, 0.1) is 5.69 Å². The molecular weight excluding hydrogens is 286 g/mol. The number of nitrogens with two attached hydrogens (primary N) is 1. The molecule has 2 N–H and O–H groups in total. The second-order valence-electron chi connectivity index (χ2n) is 3.62. The third kappa shape index (κ3) is 2.35. The number of aromatic nitrogens is 2. The summed E-state index contributed by atoms with van der Waals surface area (Å²) in [6, 6.07) is 3.95. The first kappa shape index (κ1) is 11.8. The van der Waals surface area contributed by atoms with Crippen molar-refractivity contribution in [2.75, 3.05) is 17.7 Å². The fourth-order valence-corrected chi connectivity index (χ4v) is 2.42. The zero-order valence-electron chi connectivity index (χ0n) is 9.11. The molecule has 0 saturated carbocycles. The molecule has 0 atom stereocenters. The lowest BCUT2D eigenvalue weighted by Gasteiger charge is -1.98. The van der Waals surface area contributed by atoms with Gasteiger partial charge < -0.3 is 5.73 Å². The van der Waals surface area contributed by atoms with Gasteiger partial charge >= 0.3 is 0 Å². The number of anilines is 1. The summed E-state index contributed by atoms with van der Waals surface area (Å²) in [5.74, 6) is 1.91. The van der Waals surface area contributed by atoms with Crippen molar-refractivity contribution in [1.29, 1.82) is 0 Å². The molecule has 0 amide bonds. The predicted molar refractivity (Wildman–Crippen MR) is 74.0 cm³/mol. The van der Waals surface area contributed by atoms with Crippen LogP contribution >= 0.6 is 27.7 Å². The Bertz CT molecular complexity index is 495. The molecule has 86 valence electrons. The highest BCUT2D eigenvalue weighted by Crippen LogP contribution is 2.19. The molecule has 0 saturated heterocycles. The highest BCUT2D eigenvalue weighted by atomic mass is 79.9. The van der Waals surface area contributed by atoms with Crippen LogP contribution in [0.25, 0.3) is 5.65 Å². The van der Waals surface area contributed by atoms with Gasteiger partial charge in [-0.25, -0.2) is 4.98 Å². The smallest absolute Gasteiger partial charge is 0.138 e. The molecule has 0 aliphatic carbocycles. The zero-order valence-corrected chi connectivity index (χ0v) is 11.5.